The van der Waals surface area contributed by atoms with Crippen molar-refractivity contribution in [3.63, 3.8) is 0 Å². The lowest BCUT2D eigenvalue weighted by atomic mass is 9.59. The summed E-state index contributed by atoms with van der Waals surface area (Å²) in [4.78, 5) is 29.2. The van der Waals surface area contributed by atoms with Crippen LogP contribution in [0.4, 0.5) is 5.69 Å². The number of nitrogens with zero attached hydrogens (tertiary/aromatic N) is 3. The van der Waals surface area contributed by atoms with Crippen LogP contribution in [0.1, 0.15) is 36.9 Å². The van der Waals surface area contributed by atoms with E-state index in [1.165, 1.54) is 0 Å². The first kappa shape index (κ1) is 26.0. The predicted molar refractivity (Wildman–Crippen MR) is 145 cm³/mol. The van der Waals surface area contributed by atoms with E-state index in [2.05, 4.69) is 12.1 Å². The van der Waals surface area contributed by atoms with Crippen molar-refractivity contribution in [1.29, 1.82) is 10.5 Å². The van der Waals surface area contributed by atoms with Gasteiger partial charge < -0.3 is 14.4 Å². The number of anilines is 1. The van der Waals surface area contributed by atoms with Gasteiger partial charge in [0.25, 0.3) is 0 Å². The van der Waals surface area contributed by atoms with Gasteiger partial charge in [-0.3, -0.25) is 0 Å². The minimum absolute atomic E-state index is 0.0285. The first-order chi connectivity index (χ1) is 18.9. The second kappa shape index (κ2) is 10.3. The third-order valence-electron chi connectivity index (χ3n) is 7.18. The van der Waals surface area contributed by atoms with E-state index in [1.807, 2.05) is 48.5 Å². The molecule has 0 spiro atoms. The molecule has 2 heterocycles. The van der Waals surface area contributed by atoms with Gasteiger partial charge in [-0.1, -0.05) is 66.2 Å². The van der Waals surface area contributed by atoms with Crippen molar-refractivity contribution in [1.82, 2.24) is 0 Å². The lowest BCUT2D eigenvalue weighted by Gasteiger charge is -2.51. The van der Waals surface area contributed by atoms with Crippen LogP contribution in [0.25, 0.3) is 11.1 Å². The van der Waals surface area contributed by atoms with Crippen LogP contribution in [0.2, 0.25) is 5.02 Å². The SMILES string of the molecule is CCOC(=O)C1=C(C(=O)OCC)N2c3ccccc3-c3ccccc3C2C(C#N)(C#N)C1c1ccc(Cl)cc1. The Morgan fingerprint density at radius 2 is 1.46 bits per heavy atom. The van der Waals surface area contributed by atoms with E-state index < -0.39 is 29.3 Å². The maximum Gasteiger partial charge on any atom is 0.355 e. The number of ether oxygens (including phenoxy) is 2. The summed E-state index contributed by atoms with van der Waals surface area (Å²) < 4.78 is 11.0. The lowest BCUT2D eigenvalue weighted by Crippen LogP contribution is -2.52. The fourth-order valence-electron chi connectivity index (χ4n) is 5.71. The van der Waals surface area contributed by atoms with Crippen LogP contribution < -0.4 is 4.90 Å². The molecule has 7 nitrogen and oxygen atoms in total. The van der Waals surface area contributed by atoms with Gasteiger partial charge in [0.05, 0.1) is 42.9 Å². The molecule has 0 amide bonds. The Labute approximate surface area is 231 Å². The minimum Gasteiger partial charge on any atom is -0.463 e. The number of hydrogen-bond donors (Lipinski definition) is 0. The Morgan fingerprint density at radius 3 is 2.10 bits per heavy atom. The standard InChI is InChI=1S/C31H24ClN3O4/c1-3-38-29(36)25-26(19-13-15-20(32)16-14-19)31(17-33,18-34)28-23-11-6-5-9-21(23)22-10-7-8-12-24(22)35(28)27(25)30(37)39-4-2/h5-16,26,28H,3-4H2,1-2H3. The average molecular weight is 538 g/mol. The van der Waals surface area contributed by atoms with Gasteiger partial charge in [-0.25, -0.2) is 9.59 Å². The van der Waals surface area contributed by atoms with E-state index in [0.717, 1.165) is 11.1 Å². The summed E-state index contributed by atoms with van der Waals surface area (Å²) >= 11 is 6.18. The number of para-hydroxylation sites is 1. The van der Waals surface area contributed by atoms with Gasteiger partial charge >= 0.3 is 11.9 Å². The smallest absolute Gasteiger partial charge is 0.355 e. The van der Waals surface area contributed by atoms with E-state index in [9.17, 15) is 20.1 Å². The van der Waals surface area contributed by atoms with Crippen molar-refractivity contribution < 1.29 is 19.1 Å². The molecule has 2 atom stereocenters. The summed E-state index contributed by atoms with van der Waals surface area (Å²) in [5.41, 5.74) is 1.36. The van der Waals surface area contributed by atoms with Gasteiger partial charge in [0, 0.05) is 16.3 Å². The number of nitriles is 2. The number of halogens is 1. The van der Waals surface area contributed by atoms with E-state index in [4.69, 9.17) is 21.1 Å². The highest BCUT2D eigenvalue weighted by Crippen LogP contribution is 2.62. The Bertz CT molecular complexity index is 1570. The van der Waals surface area contributed by atoms with Crippen LogP contribution >= 0.6 is 11.6 Å². The van der Waals surface area contributed by atoms with Crippen LogP contribution in [0.5, 0.6) is 0 Å². The predicted octanol–water partition coefficient (Wildman–Crippen LogP) is 6.08. The molecule has 0 saturated heterocycles. The van der Waals surface area contributed by atoms with Crippen LogP contribution in [0.3, 0.4) is 0 Å². The zero-order valence-electron chi connectivity index (χ0n) is 21.3. The molecule has 2 aliphatic rings. The molecule has 194 valence electrons. The van der Waals surface area contributed by atoms with Gasteiger partial charge in [0.15, 0.2) is 5.41 Å². The minimum atomic E-state index is -1.85. The molecule has 0 aromatic heterocycles. The Kier molecular flexibility index (Phi) is 6.87. The molecule has 2 unspecified atom stereocenters. The molecule has 39 heavy (non-hydrogen) atoms. The zero-order chi connectivity index (χ0) is 27.7. The monoisotopic (exact) mass is 537 g/mol. The lowest BCUT2D eigenvalue weighted by molar-refractivity contribution is -0.142. The molecule has 0 saturated carbocycles. The summed E-state index contributed by atoms with van der Waals surface area (Å²) in [6, 6.07) is 25.1. The number of rotatable bonds is 5. The second-order valence-electron chi connectivity index (χ2n) is 9.16. The van der Waals surface area contributed by atoms with Crippen LogP contribution in [-0.4, -0.2) is 25.2 Å². The molecule has 3 aromatic carbocycles. The Balaban J connectivity index is 1.98. The molecular formula is C31H24ClN3O4. The average Bonchev–Trinajstić information content (AvgIpc) is 2.96. The van der Waals surface area contributed by atoms with E-state index >= 15 is 0 Å². The number of benzene rings is 3. The molecule has 5 rings (SSSR count). The summed E-state index contributed by atoms with van der Waals surface area (Å²) in [7, 11) is 0. The quantitative estimate of drug-likeness (QED) is 0.363. The summed E-state index contributed by atoms with van der Waals surface area (Å²) in [5.74, 6) is -2.70. The van der Waals surface area contributed by atoms with Gasteiger partial charge in [-0.05, 0) is 48.7 Å². The Hall–Kier alpha value is -4.59. The number of esters is 2. The third kappa shape index (κ3) is 3.94. The van der Waals surface area contributed by atoms with E-state index in [-0.39, 0.29) is 24.5 Å². The van der Waals surface area contributed by atoms with E-state index in [0.29, 0.717) is 21.8 Å². The third-order valence-corrected chi connectivity index (χ3v) is 7.43. The molecule has 0 bridgehead atoms. The van der Waals surface area contributed by atoms with Gasteiger partial charge in [-0.15, -0.1) is 0 Å². The van der Waals surface area contributed by atoms with Crippen molar-refractivity contribution in [2.45, 2.75) is 25.8 Å². The summed E-state index contributed by atoms with van der Waals surface area (Å²) in [5, 5.41) is 22.2. The van der Waals surface area contributed by atoms with Gasteiger partial charge in [0.1, 0.15) is 5.70 Å². The number of carbonyl (C=O) groups is 2. The second-order valence-corrected chi connectivity index (χ2v) is 9.59. The zero-order valence-corrected chi connectivity index (χ0v) is 22.1. The number of hydrogen-bond acceptors (Lipinski definition) is 7. The van der Waals surface area contributed by atoms with Crippen molar-refractivity contribution in [2.24, 2.45) is 5.41 Å². The summed E-state index contributed by atoms with van der Waals surface area (Å²) in [6.07, 6.45) is 0. The largest absolute Gasteiger partial charge is 0.463 e. The maximum atomic E-state index is 13.8. The van der Waals surface area contributed by atoms with Crippen molar-refractivity contribution in [3.8, 4) is 23.3 Å². The topological polar surface area (TPSA) is 103 Å². The molecule has 3 aromatic rings. The Morgan fingerprint density at radius 1 is 0.872 bits per heavy atom. The normalized spacial score (nSPS) is 18.5. The molecule has 0 aliphatic carbocycles. The van der Waals surface area contributed by atoms with Crippen LogP contribution in [-0.2, 0) is 19.1 Å². The molecular weight excluding hydrogens is 514 g/mol. The van der Waals surface area contributed by atoms with E-state index in [1.54, 1.807) is 43.0 Å². The number of fused-ring (bicyclic) bond motifs is 6. The van der Waals surface area contributed by atoms with Crippen molar-refractivity contribution in [2.75, 3.05) is 18.1 Å². The highest BCUT2D eigenvalue weighted by atomic mass is 35.5. The highest BCUT2D eigenvalue weighted by molar-refractivity contribution is 6.30. The number of carbonyl (C=O) groups excluding carboxylic acids is 2. The fraction of sp³-hybridized carbons (Fsp3) is 0.226. The maximum absolute atomic E-state index is 13.8. The van der Waals surface area contributed by atoms with Crippen LogP contribution in [0.15, 0.2) is 84.1 Å². The van der Waals surface area contributed by atoms with Gasteiger partial charge in [-0.2, -0.15) is 10.5 Å². The van der Waals surface area contributed by atoms with Crippen LogP contribution in [0, 0.1) is 28.1 Å². The molecule has 2 aliphatic heterocycles. The molecule has 0 radical (unpaired) electrons. The molecule has 0 fully saturated rings. The van der Waals surface area contributed by atoms with Crippen molar-refractivity contribution in [3.05, 3.63) is 100 Å². The fourth-order valence-corrected chi connectivity index (χ4v) is 5.84. The summed E-state index contributed by atoms with van der Waals surface area (Å²) in [6.45, 7) is 3.41. The van der Waals surface area contributed by atoms with Gasteiger partial charge in [0.2, 0.25) is 0 Å². The first-order valence-electron chi connectivity index (χ1n) is 12.6. The first-order valence-corrected chi connectivity index (χ1v) is 12.9. The molecule has 0 N–H and O–H groups in total. The van der Waals surface area contributed by atoms with Crippen molar-refractivity contribution >= 4 is 29.2 Å². The molecule has 8 heteroatoms. The highest BCUT2D eigenvalue weighted by Gasteiger charge is 2.61.